The summed E-state index contributed by atoms with van der Waals surface area (Å²) in [5.74, 6) is 0. The van der Waals surface area contributed by atoms with Gasteiger partial charge in [-0.05, 0) is 69.7 Å². The molecule has 11 heteroatoms. The molecule has 1 amide bonds. The average molecular weight is 600 g/mol. The lowest BCUT2D eigenvalue weighted by atomic mass is 9.61. The van der Waals surface area contributed by atoms with Crippen LogP contribution in [-0.4, -0.2) is 65.1 Å². The number of carboxylic acid groups (broad SMARTS) is 1. The van der Waals surface area contributed by atoms with Crippen LogP contribution >= 0.6 is 11.6 Å². The summed E-state index contributed by atoms with van der Waals surface area (Å²) in [5.41, 5.74) is 7.98. The smallest absolute Gasteiger partial charge is 0.407 e. The lowest BCUT2D eigenvalue weighted by molar-refractivity contribution is -0.0775. The largest absolute Gasteiger partial charge is 0.465 e. The van der Waals surface area contributed by atoms with Crippen LogP contribution in [0.25, 0.3) is 44.2 Å². The van der Waals surface area contributed by atoms with E-state index in [1.807, 2.05) is 35.7 Å². The molecule has 222 valence electrons. The van der Waals surface area contributed by atoms with E-state index >= 15 is 0 Å². The molecule has 43 heavy (non-hydrogen) atoms. The second-order valence-electron chi connectivity index (χ2n) is 12.7. The van der Waals surface area contributed by atoms with E-state index in [4.69, 9.17) is 26.5 Å². The Labute approximate surface area is 253 Å². The van der Waals surface area contributed by atoms with Gasteiger partial charge in [0, 0.05) is 65.3 Å². The van der Waals surface area contributed by atoms with Crippen LogP contribution in [0.15, 0.2) is 36.7 Å². The molecule has 5 aromatic rings. The number of fused-ring (bicyclic) bond motifs is 2. The molecule has 3 aromatic heterocycles. The van der Waals surface area contributed by atoms with E-state index < -0.39 is 6.09 Å². The van der Waals surface area contributed by atoms with Gasteiger partial charge in [-0.3, -0.25) is 9.36 Å². The maximum absolute atomic E-state index is 11.4. The van der Waals surface area contributed by atoms with Gasteiger partial charge in [-0.1, -0.05) is 17.7 Å². The van der Waals surface area contributed by atoms with Crippen molar-refractivity contribution in [1.29, 1.82) is 0 Å². The van der Waals surface area contributed by atoms with Gasteiger partial charge in [0.05, 0.1) is 34.5 Å². The second-order valence-corrected chi connectivity index (χ2v) is 13.1. The van der Waals surface area contributed by atoms with Crippen LogP contribution < -0.4 is 0 Å². The number of ether oxygens (including phenoxy) is 1. The SMILES string of the molecule is Cc1cc2c(cnn2C2CCCCO2)c(-c2c(-c3ccc4c(cnn4C)c3)nn(C3CC4(C3)CN(C(=O)O)C4)c2C)c1Cl. The fourth-order valence-corrected chi connectivity index (χ4v) is 7.89. The molecule has 10 nitrogen and oxygen atoms in total. The highest BCUT2D eigenvalue weighted by Gasteiger charge is 2.55. The number of nitrogens with zero attached hydrogens (tertiary/aromatic N) is 7. The van der Waals surface area contributed by atoms with Gasteiger partial charge in [-0.15, -0.1) is 0 Å². The van der Waals surface area contributed by atoms with E-state index in [1.165, 1.54) is 4.90 Å². The van der Waals surface area contributed by atoms with Gasteiger partial charge in [0.2, 0.25) is 0 Å². The van der Waals surface area contributed by atoms with Crippen molar-refractivity contribution in [3.05, 3.63) is 52.9 Å². The van der Waals surface area contributed by atoms with Crippen molar-refractivity contribution in [2.75, 3.05) is 19.7 Å². The number of hydrogen-bond acceptors (Lipinski definition) is 5. The van der Waals surface area contributed by atoms with Crippen LogP contribution in [0.3, 0.4) is 0 Å². The fourth-order valence-electron chi connectivity index (χ4n) is 7.64. The zero-order chi connectivity index (χ0) is 29.6. The summed E-state index contributed by atoms with van der Waals surface area (Å²) >= 11 is 7.21. The standard InChI is InChI=1S/C32H34ClN7O3/c1-18-10-25-23(15-35-40(25)26-6-4-5-9-43-26)28(29(18)33)27-19(2)39(22-12-32(13-22)16-38(17-32)31(41)42)36-30(27)20-7-8-24-21(11-20)14-34-37(24)3/h7-8,10-11,14-15,22,26H,4-6,9,12-13,16-17H2,1-3H3,(H,41,42). The van der Waals surface area contributed by atoms with Crippen LogP contribution in [0, 0.1) is 19.3 Å². The van der Waals surface area contributed by atoms with Gasteiger partial charge in [-0.2, -0.15) is 15.3 Å². The summed E-state index contributed by atoms with van der Waals surface area (Å²) in [6, 6.07) is 8.67. The zero-order valence-electron chi connectivity index (χ0n) is 24.5. The minimum atomic E-state index is -0.836. The van der Waals surface area contributed by atoms with Gasteiger partial charge in [-0.25, -0.2) is 9.48 Å². The third-order valence-corrected chi connectivity index (χ3v) is 10.4. The second kappa shape index (κ2) is 9.56. The molecule has 1 saturated carbocycles. The van der Waals surface area contributed by atoms with E-state index in [0.29, 0.717) is 18.1 Å². The third-order valence-electron chi connectivity index (χ3n) is 9.88. The number of rotatable bonds is 4. The third kappa shape index (κ3) is 4.03. The van der Waals surface area contributed by atoms with Crippen LogP contribution in [0.5, 0.6) is 0 Å². The number of amides is 1. The van der Waals surface area contributed by atoms with Crippen molar-refractivity contribution in [3.63, 3.8) is 0 Å². The highest BCUT2D eigenvalue weighted by atomic mass is 35.5. The van der Waals surface area contributed by atoms with Crippen LogP contribution in [0.2, 0.25) is 5.02 Å². The summed E-state index contributed by atoms with van der Waals surface area (Å²) < 4.78 is 12.2. The monoisotopic (exact) mass is 599 g/mol. The Morgan fingerprint density at radius 3 is 2.60 bits per heavy atom. The number of hydrogen-bond donors (Lipinski definition) is 1. The van der Waals surface area contributed by atoms with Gasteiger partial charge in [0.25, 0.3) is 0 Å². The van der Waals surface area contributed by atoms with Crippen LogP contribution in [0.4, 0.5) is 4.79 Å². The molecule has 2 aliphatic heterocycles. The maximum atomic E-state index is 11.4. The summed E-state index contributed by atoms with van der Waals surface area (Å²) in [6.07, 6.45) is 7.83. The summed E-state index contributed by atoms with van der Waals surface area (Å²) in [7, 11) is 1.95. The molecule has 1 N–H and O–H groups in total. The number of halogens is 1. The first kappa shape index (κ1) is 26.7. The van der Waals surface area contributed by atoms with Crippen molar-refractivity contribution in [1.82, 2.24) is 34.2 Å². The first-order valence-corrected chi connectivity index (χ1v) is 15.4. The predicted octanol–water partition coefficient (Wildman–Crippen LogP) is 6.74. The molecule has 1 atom stereocenters. The van der Waals surface area contributed by atoms with Crippen LogP contribution in [0.1, 0.15) is 55.6 Å². The van der Waals surface area contributed by atoms with Gasteiger partial charge in [0.15, 0.2) is 6.23 Å². The molecule has 0 radical (unpaired) electrons. The molecule has 1 spiro atoms. The van der Waals surface area contributed by atoms with E-state index in [2.05, 4.69) is 41.0 Å². The number of carbonyl (C=O) groups is 1. The first-order chi connectivity index (χ1) is 20.7. The normalized spacial score (nSPS) is 20.2. The summed E-state index contributed by atoms with van der Waals surface area (Å²) in [4.78, 5) is 12.9. The number of aromatic nitrogens is 6. The minimum Gasteiger partial charge on any atom is -0.465 e. The number of likely N-dealkylation sites (tertiary alicyclic amines) is 1. The molecule has 3 aliphatic rings. The molecular weight excluding hydrogens is 566 g/mol. The van der Waals surface area contributed by atoms with Crippen molar-refractivity contribution >= 4 is 39.5 Å². The van der Waals surface area contributed by atoms with Crippen molar-refractivity contribution in [2.45, 2.75) is 58.2 Å². The lowest BCUT2D eigenvalue weighted by Gasteiger charge is -2.58. The fraction of sp³-hybridized carbons (Fsp3) is 0.438. The van der Waals surface area contributed by atoms with Gasteiger partial charge >= 0.3 is 6.09 Å². The predicted molar refractivity (Wildman–Crippen MR) is 164 cm³/mol. The van der Waals surface area contributed by atoms with Crippen LogP contribution in [-0.2, 0) is 11.8 Å². The number of benzene rings is 2. The zero-order valence-corrected chi connectivity index (χ0v) is 25.3. The average Bonchev–Trinajstić information content (AvgIpc) is 3.64. The molecular formula is C32H34ClN7O3. The molecule has 1 unspecified atom stereocenters. The maximum Gasteiger partial charge on any atom is 0.407 e. The highest BCUT2D eigenvalue weighted by molar-refractivity contribution is 6.36. The van der Waals surface area contributed by atoms with Crippen molar-refractivity contribution in [2.24, 2.45) is 12.5 Å². The highest BCUT2D eigenvalue weighted by Crippen LogP contribution is 2.55. The molecule has 8 rings (SSSR count). The van der Waals surface area contributed by atoms with E-state index in [1.54, 1.807) is 0 Å². The summed E-state index contributed by atoms with van der Waals surface area (Å²) in [6.45, 7) is 6.12. The molecule has 5 heterocycles. The quantitative estimate of drug-likeness (QED) is 0.245. The van der Waals surface area contributed by atoms with E-state index in [9.17, 15) is 9.90 Å². The molecule has 1 aliphatic carbocycles. The molecule has 2 saturated heterocycles. The Morgan fingerprint density at radius 1 is 1.05 bits per heavy atom. The molecule has 0 bridgehead atoms. The van der Waals surface area contributed by atoms with E-state index in [-0.39, 0.29) is 17.7 Å². The first-order valence-electron chi connectivity index (χ1n) is 15.0. The Balaban J connectivity index is 1.29. The Hall–Kier alpha value is -3.89. The topological polar surface area (TPSA) is 103 Å². The molecule has 2 aromatic carbocycles. The Bertz CT molecular complexity index is 1920. The summed E-state index contributed by atoms with van der Waals surface area (Å²) in [5, 5.41) is 26.7. The van der Waals surface area contributed by atoms with Gasteiger partial charge < -0.3 is 14.7 Å². The Morgan fingerprint density at radius 2 is 1.86 bits per heavy atom. The van der Waals surface area contributed by atoms with E-state index in [0.717, 1.165) is 94.2 Å². The Kier molecular flexibility index (Phi) is 5.94. The van der Waals surface area contributed by atoms with Crippen molar-refractivity contribution < 1.29 is 14.6 Å². The number of aryl methyl sites for hydroxylation is 2. The molecule has 3 fully saturated rings. The van der Waals surface area contributed by atoms with Gasteiger partial charge in [0.1, 0.15) is 5.69 Å². The van der Waals surface area contributed by atoms with Crippen molar-refractivity contribution in [3.8, 4) is 22.4 Å². The lowest BCUT2D eigenvalue weighted by Crippen LogP contribution is -2.63. The minimum absolute atomic E-state index is 0.0613.